The average Bonchev–Trinajstić information content (AvgIpc) is 3.54. The van der Waals surface area contributed by atoms with Gasteiger partial charge < -0.3 is 9.73 Å². The molecule has 1 aliphatic heterocycles. The average molecular weight is 454 g/mol. The second-order valence-corrected chi connectivity index (χ2v) is 9.59. The molecule has 1 saturated heterocycles. The van der Waals surface area contributed by atoms with E-state index in [1.54, 1.807) is 18.4 Å². The molecule has 0 spiro atoms. The van der Waals surface area contributed by atoms with Crippen molar-refractivity contribution in [2.45, 2.75) is 30.3 Å². The molecule has 1 unspecified atom stereocenters. The number of rotatable bonds is 9. The lowest BCUT2D eigenvalue weighted by molar-refractivity contribution is 0.0933. The number of furan rings is 1. The molecule has 2 N–H and O–H groups in total. The monoisotopic (exact) mass is 453 g/mol. The van der Waals surface area contributed by atoms with Crippen LogP contribution in [0.15, 0.2) is 82.3 Å². The summed E-state index contributed by atoms with van der Waals surface area (Å²) >= 11 is 0. The Bertz CT molecular complexity index is 1130. The van der Waals surface area contributed by atoms with Gasteiger partial charge in [-0.15, -0.1) is 0 Å². The van der Waals surface area contributed by atoms with E-state index in [9.17, 15) is 13.2 Å². The number of benzene rings is 2. The molecule has 3 aromatic rings. The lowest BCUT2D eigenvalue weighted by Crippen LogP contribution is -2.36. The Morgan fingerprint density at radius 3 is 2.50 bits per heavy atom. The SMILES string of the molecule is O=C(NCC(c1ccco1)N1CCCC1)c1cccc(S(=O)(=O)NCc2ccccc2)c1. The fraction of sp³-hybridized carbons (Fsp3) is 0.292. The molecule has 4 rings (SSSR count). The Balaban J connectivity index is 1.42. The van der Waals surface area contributed by atoms with E-state index >= 15 is 0 Å². The quantitative estimate of drug-likeness (QED) is 0.519. The fourth-order valence-corrected chi connectivity index (χ4v) is 4.96. The maximum Gasteiger partial charge on any atom is 0.251 e. The van der Waals surface area contributed by atoms with Crippen molar-refractivity contribution in [3.05, 3.63) is 89.9 Å². The first-order chi connectivity index (χ1) is 15.5. The first-order valence-electron chi connectivity index (χ1n) is 10.7. The van der Waals surface area contributed by atoms with Gasteiger partial charge in [-0.05, 0) is 61.8 Å². The summed E-state index contributed by atoms with van der Waals surface area (Å²) in [7, 11) is -3.75. The Morgan fingerprint density at radius 1 is 1.00 bits per heavy atom. The first kappa shape index (κ1) is 22.3. The number of hydrogen-bond donors (Lipinski definition) is 2. The van der Waals surface area contributed by atoms with E-state index < -0.39 is 10.0 Å². The third-order valence-corrected chi connectivity index (χ3v) is 7.02. The fourth-order valence-electron chi connectivity index (χ4n) is 3.90. The van der Waals surface area contributed by atoms with Gasteiger partial charge in [-0.3, -0.25) is 9.69 Å². The molecule has 0 bridgehead atoms. The number of likely N-dealkylation sites (tertiary alicyclic amines) is 1. The highest BCUT2D eigenvalue weighted by molar-refractivity contribution is 7.89. The summed E-state index contributed by atoms with van der Waals surface area (Å²) in [4.78, 5) is 15.2. The van der Waals surface area contributed by atoms with Crippen LogP contribution in [0.2, 0.25) is 0 Å². The van der Waals surface area contributed by atoms with Gasteiger partial charge in [0.25, 0.3) is 5.91 Å². The van der Waals surface area contributed by atoms with E-state index in [-0.39, 0.29) is 23.4 Å². The largest absolute Gasteiger partial charge is 0.468 e. The van der Waals surface area contributed by atoms with Crippen LogP contribution in [-0.2, 0) is 16.6 Å². The number of carbonyl (C=O) groups is 1. The predicted molar refractivity (Wildman–Crippen MR) is 121 cm³/mol. The van der Waals surface area contributed by atoms with Crippen LogP contribution < -0.4 is 10.0 Å². The molecule has 168 valence electrons. The highest BCUT2D eigenvalue weighted by Crippen LogP contribution is 2.25. The first-order valence-corrected chi connectivity index (χ1v) is 12.2. The molecule has 1 amide bonds. The van der Waals surface area contributed by atoms with Crippen molar-refractivity contribution >= 4 is 15.9 Å². The normalized spacial score (nSPS) is 15.5. The van der Waals surface area contributed by atoms with Crippen LogP contribution in [0, 0.1) is 0 Å². The third-order valence-electron chi connectivity index (χ3n) is 5.62. The molecular weight excluding hydrogens is 426 g/mol. The molecule has 1 fully saturated rings. The molecule has 0 saturated carbocycles. The van der Waals surface area contributed by atoms with Crippen molar-refractivity contribution in [3.63, 3.8) is 0 Å². The van der Waals surface area contributed by atoms with Crippen LogP contribution >= 0.6 is 0 Å². The number of hydrogen-bond acceptors (Lipinski definition) is 5. The smallest absolute Gasteiger partial charge is 0.251 e. The van der Waals surface area contributed by atoms with Gasteiger partial charge in [0, 0.05) is 18.7 Å². The van der Waals surface area contributed by atoms with E-state index in [4.69, 9.17) is 4.42 Å². The highest BCUT2D eigenvalue weighted by Gasteiger charge is 2.26. The maximum atomic E-state index is 12.8. The van der Waals surface area contributed by atoms with Crippen LogP contribution in [0.25, 0.3) is 0 Å². The van der Waals surface area contributed by atoms with Gasteiger partial charge in [0.2, 0.25) is 10.0 Å². The maximum absolute atomic E-state index is 12.8. The summed E-state index contributed by atoms with van der Waals surface area (Å²) in [5.74, 6) is 0.495. The van der Waals surface area contributed by atoms with Crippen molar-refractivity contribution in [1.29, 1.82) is 0 Å². The zero-order valence-electron chi connectivity index (χ0n) is 17.7. The highest BCUT2D eigenvalue weighted by atomic mass is 32.2. The minimum Gasteiger partial charge on any atom is -0.468 e. The van der Waals surface area contributed by atoms with Crippen molar-refractivity contribution in [2.24, 2.45) is 0 Å². The molecule has 2 aromatic carbocycles. The lowest BCUT2D eigenvalue weighted by Gasteiger charge is -2.26. The Labute approximate surface area is 188 Å². The summed E-state index contributed by atoms with van der Waals surface area (Å²) in [6.07, 6.45) is 3.89. The second-order valence-electron chi connectivity index (χ2n) is 7.82. The van der Waals surface area contributed by atoms with E-state index in [0.29, 0.717) is 12.1 Å². The summed E-state index contributed by atoms with van der Waals surface area (Å²) in [6.45, 7) is 2.49. The van der Waals surface area contributed by atoms with E-state index in [2.05, 4.69) is 14.9 Å². The molecule has 1 atom stereocenters. The van der Waals surface area contributed by atoms with Gasteiger partial charge in [0.1, 0.15) is 5.76 Å². The van der Waals surface area contributed by atoms with Crippen LogP contribution in [0.5, 0.6) is 0 Å². The zero-order chi connectivity index (χ0) is 22.4. The summed E-state index contributed by atoms with van der Waals surface area (Å²) in [5.41, 5.74) is 1.16. The molecule has 1 aromatic heterocycles. The van der Waals surface area contributed by atoms with Crippen LogP contribution in [0.3, 0.4) is 0 Å². The van der Waals surface area contributed by atoms with Crippen LogP contribution in [-0.4, -0.2) is 38.9 Å². The molecule has 8 heteroatoms. The van der Waals surface area contributed by atoms with E-state index in [1.807, 2.05) is 42.5 Å². The number of nitrogens with zero attached hydrogens (tertiary/aromatic N) is 1. The Hall–Kier alpha value is -2.94. The molecule has 0 aliphatic carbocycles. The Morgan fingerprint density at radius 2 is 1.78 bits per heavy atom. The molecule has 1 aliphatic rings. The number of carbonyl (C=O) groups excluding carboxylic acids is 1. The van der Waals surface area contributed by atoms with E-state index in [0.717, 1.165) is 37.3 Å². The topological polar surface area (TPSA) is 91.7 Å². The molecule has 7 nitrogen and oxygen atoms in total. The van der Waals surface area contributed by atoms with Crippen molar-refractivity contribution in [2.75, 3.05) is 19.6 Å². The van der Waals surface area contributed by atoms with Crippen molar-refractivity contribution < 1.29 is 17.6 Å². The van der Waals surface area contributed by atoms with Crippen LogP contribution in [0.1, 0.15) is 40.6 Å². The molecular formula is C24H27N3O4S. The van der Waals surface area contributed by atoms with Gasteiger partial charge in [0.15, 0.2) is 0 Å². The van der Waals surface area contributed by atoms with Gasteiger partial charge in [-0.1, -0.05) is 36.4 Å². The van der Waals surface area contributed by atoms with E-state index in [1.165, 1.54) is 12.1 Å². The van der Waals surface area contributed by atoms with Crippen molar-refractivity contribution in [3.8, 4) is 0 Å². The summed E-state index contributed by atoms with van der Waals surface area (Å²) in [6, 6.07) is 19.1. The van der Waals surface area contributed by atoms with Gasteiger partial charge in [-0.25, -0.2) is 13.1 Å². The number of amides is 1. The third kappa shape index (κ3) is 5.45. The second kappa shape index (κ2) is 10.1. The zero-order valence-corrected chi connectivity index (χ0v) is 18.6. The number of sulfonamides is 1. The minimum absolute atomic E-state index is 0.0455. The number of nitrogens with one attached hydrogen (secondary N) is 2. The van der Waals surface area contributed by atoms with Gasteiger partial charge >= 0.3 is 0 Å². The minimum atomic E-state index is -3.75. The Kier molecular flexibility index (Phi) is 7.04. The van der Waals surface area contributed by atoms with Crippen molar-refractivity contribution in [1.82, 2.24) is 14.9 Å². The lowest BCUT2D eigenvalue weighted by atomic mass is 10.1. The standard InChI is InChI=1S/C24H27N3O4S/c28-24(25-18-22(23-12-7-15-31-23)27-13-4-5-14-27)20-10-6-11-21(16-20)32(29,30)26-17-19-8-2-1-3-9-19/h1-3,6-12,15-16,22,26H,4-5,13-14,17-18H2,(H,25,28). The van der Waals surface area contributed by atoms with Gasteiger partial charge in [-0.2, -0.15) is 0 Å². The summed E-state index contributed by atoms with van der Waals surface area (Å²) < 4.78 is 33.6. The molecule has 0 radical (unpaired) electrons. The summed E-state index contributed by atoms with van der Waals surface area (Å²) in [5, 5.41) is 2.94. The van der Waals surface area contributed by atoms with Gasteiger partial charge in [0.05, 0.1) is 17.2 Å². The molecule has 32 heavy (non-hydrogen) atoms. The molecule has 2 heterocycles. The van der Waals surface area contributed by atoms with Crippen LogP contribution in [0.4, 0.5) is 0 Å². The predicted octanol–water partition coefficient (Wildman–Crippen LogP) is 3.33.